The van der Waals surface area contributed by atoms with Gasteiger partial charge in [0.1, 0.15) is 6.04 Å². The molecule has 2 aliphatic heterocycles. The van der Waals surface area contributed by atoms with Gasteiger partial charge in [0.2, 0.25) is 0 Å². The number of carboxylic acid groups (broad SMARTS) is 1. The molecule has 0 bridgehead atoms. The Balaban J connectivity index is 1.86. The van der Waals surface area contributed by atoms with Crippen LogP contribution in [-0.4, -0.2) is 76.4 Å². The minimum absolute atomic E-state index is 0.0883. The van der Waals surface area contributed by atoms with Crippen LogP contribution in [0.3, 0.4) is 0 Å². The Hall–Kier alpha value is -1.34. The Labute approximate surface area is 118 Å². The number of urea groups is 1. The summed E-state index contributed by atoms with van der Waals surface area (Å²) in [6.07, 6.45) is 1.54. The van der Waals surface area contributed by atoms with Crippen molar-refractivity contribution in [3.63, 3.8) is 0 Å². The molecular weight excluding hydrogens is 262 g/mol. The zero-order valence-corrected chi connectivity index (χ0v) is 11.8. The van der Waals surface area contributed by atoms with E-state index >= 15 is 0 Å². The molecule has 2 rings (SSSR count). The number of rotatable bonds is 4. The van der Waals surface area contributed by atoms with Crippen molar-refractivity contribution in [3.8, 4) is 0 Å². The summed E-state index contributed by atoms with van der Waals surface area (Å²) < 4.78 is 0. The molecule has 7 heteroatoms. The Morgan fingerprint density at radius 1 is 1.40 bits per heavy atom. The van der Waals surface area contributed by atoms with E-state index in [1.54, 1.807) is 0 Å². The highest BCUT2D eigenvalue weighted by Crippen LogP contribution is 2.19. The molecule has 20 heavy (non-hydrogen) atoms. The van der Waals surface area contributed by atoms with Crippen molar-refractivity contribution in [2.45, 2.75) is 44.4 Å². The SMILES string of the molecule is CCN1CCCC1CNC(=O)N1C[C@@H](O)C[C@H]1C(=O)O. The Morgan fingerprint density at radius 2 is 2.15 bits per heavy atom. The van der Waals surface area contributed by atoms with Gasteiger partial charge in [-0.15, -0.1) is 0 Å². The largest absolute Gasteiger partial charge is 0.480 e. The Morgan fingerprint density at radius 3 is 2.80 bits per heavy atom. The van der Waals surface area contributed by atoms with Crippen LogP contribution >= 0.6 is 0 Å². The first kappa shape index (κ1) is 15.1. The van der Waals surface area contributed by atoms with Crippen molar-refractivity contribution < 1.29 is 19.8 Å². The molecule has 0 saturated carbocycles. The minimum Gasteiger partial charge on any atom is -0.480 e. The number of hydrogen-bond acceptors (Lipinski definition) is 4. The number of likely N-dealkylation sites (tertiary alicyclic amines) is 2. The smallest absolute Gasteiger partial charge is 0.326 e. The molecule has 7 nitrogen and oxygen atoms in total. The number of hydrogen-bond donors (Lipinski definition) is 3. The summed E-state index contributed by atoms with van der Waals surface area (Å²) in [5.74, 6) is -1.06. The maximum absolute atomic E-state index is 12.1. The second-order valence-electron chi connectivity index (χ2n) is 5.51. The summed E-state index contributed by atoms with van der Waals surface area (Å²) >= 11 is 0. The minimum atomic E-state index is -1.06. The molecule has 1 unspecified atom stereocenters. The molecule has 0 aromatic heterocycles. The number of likely N-dealkylation sites (N-methyl/N-ethyl adjacent to an activating group) is 1. The molecule has 0 aromatic carbocycles. The summed E-state index contributed by atoms with van der Waals surface area (Å²) in [4.78, 5) is 26.7. The number of aliphatic hydroxyl groups is 1. The van der Waals surface area contributed by atoms with E-state index in [0.717, 1.165) is 25.9 Å². The van der Waals surface area contributed by atoms with Crippen LogP contribution < -0.4 is 5.32 Å². The van der Waals surface area contributed by atoms with Gasteiger partial charge in [-0.25, -0.2) is 9.59 Å². The Bertz CT molecular complexity index is 377. The predicted octanol–water partition coefficient (Wildman–Crippen LogP) is -0.300. The molecule has 2 fully saturated rings. The van der Waals surface area contributed by atoms with Crippen LogP contribution in [0.1, 0.15) is 26.2 Å². The van der Waals surface area contributed by atoms with Crippen LogP contribution in [-0.2, 0) is 4.79 Å². The summed E-state index contributed by atoms with van der Waals surface area (Å²) in [7, 11) is 0. The van der Waals surface area contributed by atoms with E-state index in [1.807, 2.05) is 0 Å². The fourth-order valence-corrected chi connectivity index (χ4v) is 3.12. The van der Waals surface area contributed by atoms with E-state index in [-0.39, 0.29) is 13.0 Å². The molecule has 3 N–H and O–H groups in total. The molecule has 2 aliphatic rings. The molecule has 114 valence electrons. The predicted molar refractivity (Wildman–Crippen MR) is 72.4 cm³/mol. The summed E-state index contributed by atoms with van der Waals surface area (Å²) in [6, 6.07) is -0.979. The number of nitrogens with zero attached hydrogens (tertiary/aromatic N) is 2. The normalized spacial score (nSPS) is 30.7. The van der Waals surface area contributed by atoms with E-state index in [0.29, 0.717) is 12.6 Å². The van der Waals surface area contributed by atoms with Gasteiger partial charge in [0.25, 0.3) is 0 Å². The molecule has 2 heterocycles. The van der Waals surface area contributed by atoms with E-state index in [4.69, 9.17) is 5.11 Å². The average molecular weight is 285 g/mol. The van der Waals surface area contributed by atoms with Crippen LogP contribution in [0.15, 0.2) is 0 Å². The number of carbonyl (C=O) groups excluding carboxylic acids is 1. The van der Waals surface area contributed by atoms with Gasteiger partial charge in [-0.05, 0) is 25.9 Å². The second kappa shape index (κ2) is 6.41. The topological polar surface area (TPSA) is 93.1 Å². The number of amides is 2. The van der Waals surface area contributed by atoms with E-state index < -0.39 is 24.1 Å². The molecule has 0 aromatic rings. The summed E-state index contributed by atoms with van der Waals surface area (Å²) in [5, 5.41) is 21.4. The third-order valence-electron chi connectivity index (χ3n) is 4.22. The molecule has 3 atom stereocenters. The molecular formula is C13H23N3O4. The summed E-state index contributed by atoms with van der Waals surface area (Å²) in [6.45, 7) is 4.73. The van der Waals surface area contributed by atoms with Crippen molar-refractivity contribution in [1.82, 2.24) is 15.1 Å². The molecule has 2 amide bonds. The van der Waals surface area contributed by atoms with E-state index in [1.165, 1.54) is 4.90 Å². The zero-order valence-electron chi connectivity index (χ0n) is 11.8. The van der Waals surface area contributed by atoms with Crippen molar-refractivity contribution in [2.75, 3.05) is 26.2 Å². The zero-order chi connectivity index (χ0) is 14.7. The second-order valence-corrected chi connectivity index (χ2v) is 5.51. The fraction of sp³-hybridized carbons (Fsp3) is 0.846. The monoisotopic (exact) mass is 285 g/mol. The van der Waals surface area contributed by atoms with Gasteiger partial charge in [-0.3, -0.25) is 4.90 Å². The van der Waals surface area contributed by atoms with Gasteiger partial charge in [-0.1, -0.05) is 6.92 Å². The first-order chi connectivity index (χ1) is 9.52. The Kier molecular flexibility index (Phi) is 4.82. The van der Waals surface area contributed by atoms with Crippen molar-refractivity contribution >= 4 is 12.0 Å². The van der Waals surface area contributed by atoms with Gasteiger partial charge in [0.15, 0.2) is 0 Å². The quantitative estimate of drug-likeness (QED) is 0.659. The van der Waals surface area contributed by atoms with Crippen LogP contribution in [0.25, 0.3) is 0 Å². The first-order valence-corrected chi connectivity index (χ1v) is 7.22. The average Bonchev–Trinajstić information content (AvgIpc) is 3.01. The maximum atomic E-state index is 12.1. The fourth-order valence-electron chi connectivity index (χ4n) is 3.12. The third kappa shape index (κ3) is 3.21. The number of carboxylic acids is 1. The van der Waals surface area contributed by atoms with Gasteiger partial charge >= 0.3 is 12.0 Å². The van der Waals surface area contributed by atoms with Crippen molar-refractivity contribution in [2.24, 2.45) is 0 Å². The van der Waals surface area contributed by atoms with Crippen LogP contribution in [0.2, 0.25) is 0 Å². The molecule has 2 saturated heterocycles. The lowest BCUT2D eigenvalue weighted by Crippen LogP contribution is -2.49. The van der Waals surface area contributed by atoms with Crippen molar-refractivity contribution in [1.29, 1.82) is 0 Å². The number of aliphatic hydroxyl groups excluding tert-OH is 1. The highest BCUT2D eigenvalue weighted by atomic mass is 16.4. The molecule has 0 spiro atoms. The number of carbonyl (C=O) groups is 2. The lowest BCUT2D eigenvalue weighted by molar-refractivity contribution is -0.141. The summed E-state index contributed by atoms with van der Waals surface area (Å²) in [5.41, 5.74) is 0. The number of nitrogens with one attached hydrogen (secondary N) is 1. The molecule has 0 radical (unpaired) electrons. The van der Waals surface area contributed by atoms with E-state index in [2.05, 4.69) is 17.1 Å². The van der Waals surface area contributed by atoms with Gasteiger partial charge in [0, 0.05) is 25.6 Å². The number of aliphatic carboxylic acids is 1. The standard InChI is InChI=1S/C13H23N3O4/c1-2-15-5-3-4-9(15)7-14-13(20)16-8-10(17)6-11(16)12(18)19/h9-11,17H,2-8H2,1H3,(H,14,20)(H,18,19)/t9?,10-,11-/m0/s1. The maximum Gasteiger partial charge on any atom is 0.326 e. The van der Waals surface area contributed by atoms with Gasteiger partial charge < -0.3 is 20.4 Å². The third-order valence-corrected chi connectivity index (χ3v) is 4.22. The lowest BCUT2D eigenvalue weighted by atomic mass is 10.2. The molecule has 0 aliphatic carbocycles. The highest BCUT2D eigenvalue weighted by Gasteiger charge is 2.39. The van der Waals surface area contributed by atoms with Crippen LogP contribution in [0, 0.1) is 0 Å². The highest BCUT2D eigenvalue weighted by molar-refractivity contribution is 5.83. The van der Waals surface area contributed by atoms with Crippen LogP contribution in [0.4, 0.5) is 4.79 Å². The van der Waals surface area contributed by atoms with E-state index in [9.17, 15) is 14.7 Å². The van der Waals surface area contributed by atoms with Gasteiger partial charge in [0.05, 0.1) is 6.10 Å². The van der Waals surface area contributed by atoms with Crippen molar-refractivity contribution in [3.05, 3.63) is 0 Å². The van der Waals surface area contributed by atoms with Crippen LogP contribution in [0.5, 0.6) is 0 Å². The first-order valence-electron chi connectivity index (χ1n) is 7.22. The number of β-amino-alcohol motifs (C(OH)–C–C–N with tert-alkyl or cyclic N) is 1. The van der Waals surface area contributed by atoms with Gasteiger partial charge in [-0.2, -0.15) is 0 Å². The lowest BCUT2D eigenvalue weighted by Gasteiger charge is -2.26.